The molecule has 0 aliphatic heterocycles. The largest absolute Gasteiger partial charge is 0.458 e. The van der Waals surface area contributed by atoms with Crippen LogP contribution in [-0.4, -0.2) is 46.9 Å². The number of hydrogen-bond acceptors (Lipinski definition) is 5. The van der Waals surface area contributed by atoms with E-state index in [4.69, 9.17) is 4.74 Å². The molecule has 0 aromatic heterocycles. The van der Waals surface area contributed by atoms with E-state index in [0.29, 0.717) is 12.8 Å². The first-order chi connectivity index (χ1) is 25.0. The van der Waals surface area contributed by atoms with Crippen LogP contribution in [0.3, 0.4) is 0 Å². The van der Waals surface area contributed by atoms with Gasteiger partial charge in [0.2, 0.25) is 5.91 Å². The van der Waals surface area contributed by atoms with Crippen LogP contribution in [0.4, 0.5) is 0 Å². The molecule has 1 amide bonds. The lowest BCUT2D eigenvalue weighted by molar-refractivity contribution is -0.148. The fraction of sp³-hybridized carbons (Fsp3) is 0.822. The van der Waals surface area contributed by atoms with E-state index in [9.17, 15) is 19.8 Å². The Morgan fingerprint density at radius 3 is 1.61 bits per heavy atom. The van der Waals surface area contributed by atoms with E-state index in [0.717, 1.165) is 57.8 Å². The summed E-state index contributed by atoms with van der Waals surface area (Å²) in [4.78, 5) is 25.8. The van der Waals surface area contributed by atoms with Crippen LogP contribution >= 0.6 is 0 Å². The Balaban J connectivity index is 4.71. The van der Waals surface area contributed by atoms with Gasteiger partial charge in [0.1, 0.15) is 6.10 Å². The van der Waals surface area contributed by atoms with E-state index in [2.05, 4.69) is 50.4 Å². The van der Waals surface area contributed by atoms with Crippen LogP contribution in [0, 0.1) is 0 Å². The standard InChI is InChI=1S/C45H83NO5/c1-4-7-10-13-16-19-22-24-27-30-33-36-41(51-45(50)38-35-32-29-26-23-20-17-14-11-8-5-2)39-44(49)46-42(40-47)43(48)37-34-31-28-25-21-18-15-12-9-6-3/h14,17,24,27,33,36,41-43,47-48H,4-13,15-16,18-23,25-26,28-32,34-35,37-40H2,1-3H3,(H,46,49)/b17-14-,27-24-,36-33+. The summed E-state index contributed by atoms with van der Waals surface area (Å²) < 4.78 is 5.77. The summed E-state index contributed by atoms with van der Waals surface area (Å²) in [5, 5.41) is 23.5. The number of nitrogens with one attached hydrogen (secondary N) is 1. The normalized spacial score (nSPS) is 13.7. The van der Waals surface area contributed by atoms with Crippen LogP contribution in [0.25, 0.3) is 0 Å². The van der Waals surface area contributed by atoms with E-state index in [1.165, 1.54) is 116 Å². The number of aliphatic hydroxyl groups is 2. The highest BCUT2D eigenvalue weighted by Gasteiger charge is 2.23. The Morgan fingerprint density at radius 1 is 0.588 bits per heavy atom. The monoisotopic (exact) mass is 718 g/mol. The Labute approximate surface area is 315 Å². The lowest BCUT2D eigenvalue weighted by Crippen LogP contribution is -2.46. The Hall–Kier alpha value is -1.92. The van der Waals surface area contributed by atoms with Crippen LogP contribution in [0.15, 0.2) is 36.5 Å². The molecular weight excluding hydrogens is 634 g/mol. The summed E-state index contributed by atoms with van der Waals surface area (Å²) >= 11 is 0. The summed E-state index contributed by atoms with van der Waals surface area (Å²) in [5.41, 5.74) is 0. The van der Waals surface area contributed by atoms with Gasteiger partial charge in [0.15, 0.2) is 0 Å². The SMILES string of the molecule is CCCC/C=C\CCCCCCCC(=O)OC(/C=C/C/C=C\CCCCCCCC)CC(=O)NC(CO)C(O)CCCCCCCCCCCC. The maximum atomic E-state index is 13.0. The first kappa shape index (κ1) is 49.1. The molecule has 298 valence electrons. The van der Waals surface area contributed by atoms with Gasteiger partial charge < -0.3 is 20.3 Å². The van der Waals surface area contributed by atoms with Crippen LogP contribution in [0.2, 0.25) is 0 Å². The fourth-order valence-corrected chi connectivity index (χ4v) is 6.32. The highest BCUT2D eigenvalue weighted by molar-refractivity contribution is 5.78. The number of unbranched alkanes of at least 4 members (excludes halogenated alkanes) is 22. The summed E-state index contributed by atoms with van der Waals surface area (Å²) in [6.07, 6.45) is 43.8. The van der Waals surface area contributed by atoms with Crippen LogP contribution in [-0.2, 0) is 14.3 Å². The number of ether oxygens (including phenoxy) is 1. The molecule has 0 aromatic carbocycles. The second-order valence-electron chi connectivity index (χ2n) is 14.7. The average Bonchev–Trinajstić information content (AvgIpc) is 3.12. The molecule has 3 atom stereocenters. The third-order valence-electron chi connectivity index (χ3n) is 9.69. The first-order valence-electron chi connectivity index (χ1n) is 21.7. The van der Waals surface area contributed by atoms with Crippen LogP contribution in [0.5, 0.6) is 0 Å². The molecule has 0 rings (SSSR count). The van der Waals surface area contributed by atoms with Gasteiger partial charge in [0.05, 0.1) is 25.2 Å². The predicted octanol–water partition coefficient (Wildman–Crippen LogP) is 12.2. The zero-order valence-electron chi connectivity index (χ0n) is 33.7. The van der Waals surface area contributed by atoms with Crippen molar-refractivity contribution in [2.75, 3.05) is 6.61 Å². The topological polar surface area (TPSA) is 95.9 Å². The maximum absolute atomic E-state index is 13.0. The second-order valence-corrected chi connectivity index (χ2v) is 14.7. The summed E-state index contributed by atoms with van der Waals surface area (Å²) in [6, 6.07) is -0.729. The molecule has 6 nitrogen and oxygen atoms in total. The third-order valence-corrected chi connectivity index (χ3v) is 9.69. The van der Waals surface area contributed by atoms with E-state index in [-0.39, 0.29) is 24.9 Å². The molecule has 0 radical (unpaired) electrons. The van der Waals surface area contributed by atoms with Gasteiger partial charge in [-0.15, -0.1) is 0 Å². The van der Waals surface area contributed by atoms with Crippen LogP contribution in [0.1, 0.15) is 213 Å². The van der Waals surface area contributed by atoms with E-state index < -0.39 is 18.2 Å². The van der Waals surface area contributed by atoms with Gasteiger partial charge in [0.25, 0.3) is 0 Å². The molecular formula is C45H83NO5. The maximum Gasteiger partial charge on any atom is 0.306 e. The number of esters is 1. The van der Waals surface area contributed by atoms with Gasteiger partial charge in [-0.1, -0.05) is 180 Å². The van der Waals surface area contributed by atoms with Crippen molar-refractivity contribution < 1.29 is 24.5 Å². The zero-order valence-corrected chi connectivity index (χ0v) is 33.7. The predicted molar refractivity (Wildman–Crippen MR) is 218 cm³/mol. The van der Waals surface area contributed by atoms with Crippen molar-refractivity contribution in [2.24, 2.45) is 0 Å². The molecule has 51 heavy (non-hydrogen) atoms. The summed E-state index contributed by atoms with van der Waals surface area (Å²) in [5.74, 6) is -0.615. The van der Waals surface area contributed by atoms with Crippen molar-refractivity contribution in [1.29, 1.82) is 0 Å². The first-order valence-corrected chi connectivity index (χ1v) is 21.7. The minimum absolute atomic E-state index is 0.0308. The third kappa shape index (κ3) is 34.9. The highest BCUT2D eigenvalue weighted by atomic mass is 16.5. The minimum Gasteiger partial charge on any atom is -0.458 e. The van der Waals surface area contributed by atoms with Gasteiger partial charge >= 0.3 is 5.97 Å². The average molecular weight is 718 g/mol. The zero-order chi connectivity index (χ0) is 37.5. The van der Waals surface area contributed by atoms with Crippen molar-refractivity contribution in [3.05, 3.63) is 36.5 Å². The number of amides is 1. The van der Waals surface area contributed by atoms with Crippen molar-refractivity contribution in [3.63, 3.8) is 0 Å². The van der Waals surface area contributed by atoms with Gasteiger partial charge in [-0.3, -0.25) is 9.59 Å². The van der Waals surface area contributed by atoms with Gasteiger partial charge in [-0.25, -0.2) is 0 Å². The van der Waals surface area contributed by atoms with E-state index in [1.807, 2.05) is 12.2 Å². The Morgan fingerprint density at radius 2 is 1.06 bits per heavy atom. The quantitative estimate of drug-likeness (QED) is 0.0336. The number of rotatable bonds is 38. The number of aliphatic hydroxyl groups excluding tert-OH is 2. The molecule has 3 N–H and O–H groups in total. The molecule has 3 unspecified atom stereocenters. The summed E-state index contributed by atoms with van der Waals surface area (Å²) in [6.45, 7) is 6.37. The van der Waals surface area contributed by atoms with E-state index >= 15 is 0 Å². The fourth-order valence-electron chi connectivity index (χ4n) is 6.32. The van der Waals surface area contributed by atoms with Crippen molar-refractivity contribution in [3.8, 4) is 0 Å². The number of allylic oxidation sites excluding steroid dienone is 5. The minimum atomic E-state index is -0.807. The van der Waals surface area contributed by atoms with E-state index in [1.54, 1.807) is 0 Å². The Kier molecular flexibility index (Phi) is 37.8. The molecule has 0 aliphatic rings. The molecule has 0 heterocycles. The van der Waals surface area contributed by atoms with Crippen LogP contribution < -0.4 is 5.32 Å². The summed E-state index contributed by atoms with van der Waals surface area (Å²) in [7, 11) is 0. The van der Waals surface area contributed by atoms with Crippen molar-refractivity contribution >= 4 is 11.9 Å². The van der Waals surface area contributed by atoms with Gasteiger partial charge in [-0.2, -0.15) is 0 Å². The highest BCUT2D eigenvalue weighted by Crippen LogP contribution is 2.15. The smallest absolute Gasteiger partial charge is 0.306 e. The molecule has 0 fully saturated rings. The molecule has 0 aromatic rings. The Bertz CT molecular complexity index is 854. The molecule has 6 heteroatoms. The van der Waals surface area contributed by atoms with Gasteiger partial charge in [-0.05, 0) is 57.4 Å². The molecule has 0 bridgehead atoms. The van der Waals surface area contributed by atoms with Crippen molar-refractivity contribution in [2.45, 2.75) is 232 Å². The molecule has 0 saturated carbocycles. The van der Waals surface area contributed by atoms with Crippen molar-refractivity contribution in [1.82, 2.24) is 5.32 Å². The molecule has 0 aliphatic carbocycles. The number of carbonyl (C=O) groups excluding carboxylic acids is 2. The number of carbonyl (C=O) groups is 2. The number of hydrogen-bond donors (Lipinski definition) is 3. The molecule has 0 spiro atoms. The second kappa shape index (κ2) is 39.3. The molecule has 0 saturated heterocycles. The lowest BCUT2D eigenvalue weighted by atomic mass is 10.0. The lowest BCUT2D eigenvalue weighted by Gasteiger charge is -2.23. The van der Waals surface area contributed by atoms with Gasteiger partial charge in [0, 0.05) is 6.42 Å².